The van der Waals surface area contributed by atoms with Gasteiger partial charge in [-0.1, -0.05) is 5.16 Å². The van der Waals surface area contributed by atoms with E-state index in [2.05, 4.69) is 9.88 Å². The minimum absolute atomic E-state index is 0.0696. The molecule has 1 aromatic heterocycles. The van der Waals surface area contributed by atoms with E-state index in [1.807, 2.05) is 0 Å². The lowest BCUT2D eigenvalue weighted by molar-refractivity contribution is 0.377. The molecule has 74 valence electrons. The first-order chi connectivity index (χ1) is 6.03. The summed E-state index contributed by atoms with van der Waals surface area (Å²) in [6.07, 6.45) is 0. The number of hydrogen-bond donors (Lipinski definition) is 1. The van der Waals surface area contributed by atoms with Crippen LogP contribution in [0.5, 0.6) is 0 Å². The Morgan fingerprint density at radius 3 is 2.77 bits per heavy atom. The van der Waals surface area contributed by atoms with Crippen molar-refractivity contribution in [1.29, 1.82) is 0 Å². The molecule has 0 unspecified atom stereocenters. The SMILES string of the molecule is CCS(=O)(=O)NCc1cc(C)no1. The first-order valence-electron chi connectivity index (χ1n) is 3.93. The van der Waals surface area contributed by atoms with E-state index >= 15 is 0 Å². The molecule has 1 heterocycles. The molecule has 0 aliphatic rings. The molecule has 1 aromatic rings. The molecule has 5 nitrogen and oxygen atoms in total. The van der Waals surface area contributed by atoms with E-state index in [4.69, 9.17) is 4.52 Å². The Morgan fingerprint density at radius 2 is 2.31 bits per heavy atom. The predicted molar refractivity (Wildman–Crippen MR) is 47.5 cm³/mol. The number of nitrogens with zero attached hydrogens (tertiary/aromatic N) is 1. The molecule has 0 bridgehead atoms. The normalized spacial score (nSPS) is 11.8. The number of aromatic nitrogens is 1. The maximum absolute atomic E-state index is 11.0. The molecule has 13 heavy (non-hydrogen) atoms. The van der Waals surface area contributed by atoms with Crippen LogP contribution in [0.3, 0.4) is 0 Å². The molecule has 0 fully saturated rings. The van der Waals surface area contributed by atoms with Crippen LogP contribution < -0.4 is 4.72 Å². The van der Waals surface area contributed by atoms with E-state index in [-0.39, 0.29) is 12.3 Å². The van der Waals surface area contributed by atoms with Gasteiger partial charge in [0.15, 0.2) is 5.76 Å². The lowest BCUT2D eigenvalue weighted by atomic mass is 10.4. The van der Waals surface area contributed by atoms with Crippen molar-refractivity contribution < 1.29 is 12.9 Å². The maximum Gasteiger partial charge on any atom is 0.211 e. The van der Waals surface area contributed by atoms with Gasteiger partial charge in [-0.15, -0.1) is 0 Å². The summed E-state index contributed by atoms with van der Waals surface area (Å²) in [4.78, 5) is 0. The highest BCUT2D eigenvalue weighted by atomic mass is 32.2. The number of nitrogens with one attached hydrogen (secondary N) is 1. The highest BCUT2D eigenvalue weighted by Gasteiger charge is 2.07. The molecule has 1 rings (SSSR count). The van der Waals surface area contributed by atoms with Crippen LogP contribution in [0.25, 0.3) is 0 Å². The smallest absolute Gasteiger partial charge is 0.211 e. The zero-order valence-electron chi connectivity index (χ0n) is 7.57. The fourth-order valence-electron chi connectivity index (χ4n) is 0.783. The molecule has 0 aliphatic carbocycles. The molecule has 1 N–H and O–H groups in total. The van der Waals surface area contributed by atoms with Crippen LogP contribution >= 0.6 is 0 Å². The molecule has 6 heteroatoms. The molecule has 0 radical (unpaired) electrons. The van der Waals surface area contributed by atoms with Gasteiger partial charge < -0.3 is 4.52 Å². The van der Waals surface area contributed by atoms with E-state index in [0.717, 1.165) is 5.69 Å². The molecule has 0 aromatic carbocycles. The lowest BCUT2D eigenvalue weighted by Crippen LogP contribution is -2.24. The van der Waals surface area contributed by atoms with Crippen molar-refractivity contribution in [2.24, 2.45) is 0 Å². The maximum atomic E-state index is 11.0. The summed E-state index contributed by atoms with van der Waals surface area (Å²) in [6.45, 7) is 3.52. The van der Waals surface area contributed by atoms with Crippen LogP contribution in [0.4, 0.5) is 0 Å². The summed E-state index contributed by atoms with van der Waals surface area (Å²) in [5, 5.41) is 3.63. The third kappa shape index (κ3) is 3.16. The van der Waals surface area contributed by atoms with Gasteiger partial charge in [0.1, 0.15) is 0 Å². The highest BCUT2D eigenvalue weighted by Crippen LogP contribution is 2.01. The van der Waals surface area contributed by atoms with Gasteiger partial charge in [-0.2, -0.15) is 0 Å². The van der Waals surface area contributed by atoms with Crippen LogP contribution in [-0.2, 0) is 16.6 Å². The summed E-state index contributed by atoms with van der Waals surface area (Å²) < 4.78 is 29.2. The highest BCUT2D eigenvalue weighted by molar-refractivity contribution is 7.89. The van der Waals surface area contributed by atoms with Crippen molar-refractivity contribution >= 4 is 10.0 Å². The Hall–Kier alpha value is -0.880. The number of rotatable bonds is 4. The fourth-order valence-corrected chi connectivity index (χ4v) is 1.35. The standard InChI is InChI=1S/C7H12N2O3S/c1-3-13(10,11)8-5-7-4-6(2)9-12-7/h4,8H,3,5H2,1-2H3. The third-order valence-corrected chi connectivity index (χ3v) is 2.87. The van der Waals surface area contributed by atoms with Crippen LogP contribution in [-0.4, -0.2) is 19.3 Å². The molecular weight excluding hydrogens is 192 g/mol. The van der Waals surface area contributed by atoms with Crippen molar-refractivity contribution in [2.45, 2.75) is 20.4 Å². The van der Waals surface area contributed by atoms with Crippen molar-refractivity contribution in [3.8, 4) is 0 Å². The zero-order valence-corrected chi connectivity index (χ0v) is 8.39. The van der Waals surface area contributed by atoms with Gasteiger partial charge in [0.25, 0.3) is 0 Å². The van der Waals surface area contributed by atoms with Gasteiger partial charge in [-0.05, 0) is 13.8 Å². The Morgan fingerprint density at radius 1 is 1.62 bits per heavy atom. The van der Waals surface area contributed by atoms with Crippen LogP contribution in [0, 0.1) is 6.92 Å². The summed E-state index contributed by atoms with van der Waals surface area (Å²) in [6, 6.07) is 1.69. The van der Waals surface area contributed by atoms with Gasteiger partial charge in [0, 0.05) is 6.07 Å². The molecule has 0 aliphatic heterocycles. The minimum Gasteiger partial charge on any atom is -0.360 e. The lowest BCUT2D eigenvalue weighted by Gasteiger charge is -1.99. The van der Waals surface area contributed by atoms with E-state index in [1.54, 1.807) is 19.9 Å². The summed E-state index contributed by atoms with van der Waals surface area (Å²) in [5.74, 6) is 0.592. The summed E-state index contributed by atoms with van der Waals surface area (Å²) in [5.41, 5.74) is 0.741. The molecule has 0 spiro atoms. The van der Waals surface area contributed by atoms with Crippen LogP contribution in [0.15, 0.2) is 10.6 Å². The predicted octanol–water partition coefficient (Wildman–Crippen LogP) is 0.422. The zero-order chi connectivity index (χ0) is 9.90. The molecule has 0 saturated heterocycles. The van der Waals surface area contributed by atoms with Gasteiger partial charge in [-0.3, -0.25) is 0 Å². The molecule has 0 saturated carbocycles. The van der Waals surface area contributed by atoms with Gasteiger partial charge in [-0.25, -0.2) is 13.1 Å². The number of aryl methyl sites for hydroxylation is 1. The summed E-state index contributed by atoms with van der Waals surface area (Å²) >= 11 is 0. The van der Waals surface area contributed by atoms with Gasteiger partial charge in [0.2, 0.25) is 10.0 Å². The van der Waals surface area contributed by atoms with E-state index < -0.39 is 10.0 Å². The topological polar surface area (TPSA) is 72.2 Å². The second-order valence-electron chi connectivity index (χ2n) is 2.66. The summed E-state index contributed by atoms with van der Waals surface area (Å²) in [7, 11) is -3.15. The minimum atomic E-state index is -3.15. The van der Waals surface area contributed by atoms with Gasteiger partial charge in [0.05, 0.1) is 18.0 Å². The second-order valence-corrected chi connectivity index (χ2v) is 4.75. The largest absolute Gasteiger partial charge is 0.360 e. The van der Waals surface area contributed by atoms with E-state index in [1.165, 1.54) is 0 Å². The van der Waals surface area contributed by atoms with E-state index in [0.29, 0.717) is 5.76 Å². The Labute approximate surface area is 77.2 Å². The van der Waals surface area contributed by atoms with E-state index in [9.17, 15) is 8.42 Å². The first-order valence-corrected chi connectivity index (χ1v) is 5.58. The molecular formula is C7H12N2O3S. The Balaban J connectivity index is 2.53. The van der Waals surface area contributed by atoms with Crippen molar-refractivity contribution in [3.05, 3.63) is 17.5 Å². The Bertz CT molecular complexity index is 369. The second kappa shape index (κ2) is 3.89. The monoisotopic (exact) mass is 204 g/mol. The van der Waals surface area contributed by atoms with Crippen molar-refractivity contribution in [2.75, 3.05) is 5.75 Å². The Kier molecular flexibility index (Phi) is 3.05. The third-order valence-electron chi connectivity index (χ3n) is 1.52. The molecule has 0 atom stereocenters. The van der Waals surface area contributed by atoms with Crippen molar-refractivity contribution in [1.82, 2.24) is 9.88 Å². The number of hydrogen-bond acceptors (Lipinski definition) is 4. The average molecular weight is 204 g/mol. The van der Waals surface area contributed by atoms with Gasteiger partial charge >= 0.3 is 0 Å². The van der Waals surface area contributed by atoms with Crippen molar-refractivity contribution in [3.63, 3.8) is 0 Å². The van der Waals surface area contributed by atoms with Crippen LogP contribution in [0.2, 0.25) is 0 Å². The first kappa shape index (κ1) is 10.2. The van der Waals surface area contributed by atoms with Crippen LogP contribution in [0.1, 0.15) is 18.4 Å². The average Bonchev–Trinajstić information content (AvgIpc) is 2.48. The fraction of sp³-hybridized carbons (Fsp3) is 0.571. The molecule has 0 amide bonds. The number of sulfonamides is 1. The quantitative estimate of drug-likeness (QED) is 0.771.